The van der Waals surface area contributed by atoms with Crippen LogP contribution in [-0.2, 0) is 9.53 Å². The molecule has 0 bridgehead atoms. The van der Waals surface area contributed by atoms with Gasteiger partial charge in [-0.3, -0.25) is 9.59 Å². The van der Waals surface area contributed by atoms with Crippen molar-refractivity contribution in [1.82, 2.24) is 0 Å². The molecule has 2 aromatic carbocycles. The van der Waals surface area contributed by atoms with Crippen LogP contribution in [0.3, 0.4) is 0 Å². The van der Waals surface area contributed by atoms with E-state index in [1.54, 1.807) is 37.3 Å². The summed E-state index contributed by atoms with van der Waals surface area (Å²) in [5.41, 5.74) is 1.10. The van der Waals surface area contributed by atoms with Gasteiger partial charge in [0.05, 0.1) is 24.1 Å². The van der Waals surface area contributed by atoms with Crippen LogP contribution in [0.1, 0.15) is 23.7 Å². The number of para-hydroxylation sites is 2. The smallest absolute Gasteiger partial charge is 0.434 e. The summed E-state index contributed by atoms with van der Waals surface area (Å²) in [4.78, 5) is 35.3. The summed E-state index contributed by atoms with van der Waals surface area (Å²) in [6.07, 6.45) is -1.11. The van der Waals surface area contributed by atoms with Gasteiger partial charge in [-0.25, -0.2) is 4.79 Å². The van der Waals surface area contributed by atoms with Gasteiger partial charge in [-0.15, -0.1) is 0 Å². The molecule has 0 saturated carbocycles. The second kappa shape index (κ2) is 9.58. The van der Waals surface area contributed by atoms with E-state index in [-0.39, 0.29) is 18.8 Å². The number of ether oxygens (including phenoxy) is 2. The standard InChI is InChI=1S/C19H17N3O5/c1-2-26-19(25)27-14-9-7-13(8-10-14)18(24)22-16-6-4-3-5-15(16)21-17(23)11-12-20/h3-10H,2,11H2,1H3,(H,21,23)(H,22,24). The maximum atomic E-state index is 12.4. The number of nitriles is 1. The van der Waals surface area contributed by atoms with Crippen LogP contribution in [0.2, 0.25) is 0 Å². The highest BCUT2D eigenvalue weighted by Crippen LogP contribution is 2.22. The van der Waals surface area contributed by atoms with Crippen molar-refractivity contribution >= 4 is 29.3 Å². The minimum absolute atomic E-state index is 0.198. The number of anilines is 2. The number of carbonyl (C=O) groups is 3. The third kappa shape index (κ3) is 5.86. The Morgan fingerprint density at radius 2 is 1.63 bits per heavy atom. The second-order valence-corrected chi connectivity index (χ2v) is 5.19. The van der Waals surface area contributed by atoms with E-state index in [1.807, 2.05) is 0 Å². The van der Waals surface area contributed by atoms with Crippen LogP contribution < -0.4 is 15.4 Å². The molecule has 2 aromatic rings. The molecule has 0 saturated heterocycles. The molecule has 138 valence electrons. The fourth-order valence-electron chi connectivity index (χ4n) is 2.08. The van der Waals surface area contributed by atoms with E-state index < -0.39 is 18.0 Å². The van der Waals surface area contributed by atoms with E-state index >= 15 is 0 Å². The molecular formula is C19H17N3O5. The van der Waals surface area contributed by atoms with Gasteiger partial charge < -0.3 is 20.1 Å². The van der Waals surface area contributed by atoms with E-state index in [0.29, 0.717) is 16.9 Å². The molecule has 0 fully saturated rings. The number of nitrogens with zero attached hydrogens (tertiary/aromatic N) is 1. The first kappa shape index (κ1) is 19.5. The Labute approximate surface area is 155 Å². The van der Waals surface area contributed by atoms with Crippen LogP contribution in [0.4, 0.5) is 16.2 Å². The maximum absolute atomic E-state index is 12.4. The first-order valence-corrected chi connectivity index (χ1v) is 8.05. The van der Waals surface area contributed by atoms with Gasteiger partial charge >= 0.3 is 6.16 Å². The zero-order valence-corrected chi connectivity index (χ0v) is 14.5. The summed E-state index contributed by atoms with van der Waals surface area (Å²) in [6, 6.07) is 14.3. The van der Waals surface area contributed by atoms with Crippen LogP contribution in [0.15, 0.2) is 48.5 Å². The number of benzene rings is 2. The monoisotopic (exact) mass is 367 g/mol. The topological polar surface area (TPSA) is 118 Å². The quantitative estimate of drug-likeness (QED) is 0.597. The number of hydrogen-bond donors (Lipinski definition) is 2. The fourth-order valence-corrected chi connectivity index (χ4v) is 2.08. The molecule has 0 aliphatic carbocycles. The minimum Gasteiger partial charge on any atom is -0.434 e. The molecule has 27 heavy (non-hydrogen) atoms. The predicted molar refractivity (Wildman–Crippen MR) is 97.3 cm³/mol. The van der Waals surface area contributed by atoms with E-state index in [0.717, 1.165) is 0 Å². The van der Waals surface area contributed by atoms with Crippen molar-refractivity contribution in [2.45, 2.75) is 13.3 Å². The summed E-state index contributed by atoms with van der Waals surface area (Å²) < 4.78 is 9.60. The lowest BCUT2D eigenvalue weighted by atomic mass is 10.2. The molecule has 8 heteroatoms. The first-order valence-electron chi connectivity index (χ1n) is 8.05. The Balaban J connectivity index is 2.06. The van der Waals surface area contributed by atoms with Crippen LogP contribution >= 0.6 is 0 Å². The molecule has 0 aliphatic heterocycles. The van der Waals surface area contributed by atoms with Crippen molar-refractivity contribution in [1.29, 1.82) is 5.26 Å². The highest BCUT2D eigenvalue weighted by molar-refractivity contribution is 6.07. The number of carbonyl (C=O) groups excluding carboxylic acids is 3. The van der Waals surface area contributed by atoms with Crippen molar-refractivity contribution in [3.63, 3.8) is 0 Å². The molecule has 0 heterocycles. The molecule has 2 rings (SSSR count). The van der Waals surface area contributed by atoms with Gasteiger partial charge in [-0.1, -0.05) is 12.1 Å². The lowest BCUT2D eigenvalue weighted by Gasteiger charge is -2.12. The van der Waals surface area contributed by atoms with Gasteiger partial charge in [0.2, 0.25) is 5.91 Å². The predicted octanol–water partition coefficient (Wildman–Crippen LogP) is 3.33. The van der Waals surface area contributed by atoms with Gasteiger partial charge in [-0.2, -0.15) is 5.26 Å². The molecule has 2 amide bonds. The molecule has 0 radical (unpaired) electrons. The zero-order chi connectivity index (χ0) is 19.6. The lowest BCUT2D eigenvalue weighted by molar-refractivity contribution is -0.115. The van der Waals surface area contributed by atoms with Gasteiger partial charge in [0.15, 0.2) is 0 Å². The average Bonchev–Trinajstić information content (AvgIpc) is 2.64. The van der Waals surface area contributed by atoms with E-state index in [2.05, 4.69) is 15.4 Å². The van der Waals surface area contributed by atoms with E-state index in [4.69, 9.17) is 10.00 Å². The number of amides is 2. The summed E-state index contributed by atoms with van der Waals surface area (Å²) >= 11 is 0. The van der Waals surface area contributed by atoms with Gasteiger partial charge in [-0.05, 0) is 43.3 Å². The fraction of sp³-hybridized carbons (Fsp3) is 0.158. The molecule has 0 aromatic heterocycles. The van der Waals surface area contributed by atoms with Crippen molar-refractivity contribution in [2.24, 2.45) is 0 Å². The first-order chi connectivity index (χ1) is 13.0. The largest absolute Gasteiger partial charge is 0.513 e. The minimum atomic E-state index is -0.822. The molecule has 0 aliphatic rings. The zero-order valence-electron chi connectivity index (χ0n) is 14.5. The Morgan fingerprint density at radius 3 is 2.22 bits per heavy atom. The lowest BCUT2D eigenvalue weighted by Crippen LogP contribution is -2.16. The van der Waals surface area contributed by atoms with Crippen molar-refractivity contribution in [2.75, 3.05) is 17.2 Å². The Morgan fingerprint density at radius 1 is 1.00 bits per heavy atom. The third-order valence-electron chi connectivity index (χ3n) is 3.27. The third-order valence-corrected chi connectivity index (χ3v) is 3.27. The summed E-state index contributed by atoms with van der Waals surface area (Å²) in [5, 5.41) is 13.8. The van der Waals surface area contributed by atoms with Crippen molar-refractivity contribution in [3.05, 3.63) is 54.1 Å². The number of nitrogens with one attached hydrogen (secondary N) is 2. The normalized spacial score (nSPS) is 9.63. The molecule has 0 unspecified atom stereocenters. The highest BCUT2D eigenvalue weighted by atomic mass is 16.7. The SMILES string of the molecule is CCOC(=O)Oc1ccc(C(=O)Nc2ccccc2NC(=O)CC#N)cc1. The van der Waals surface area contributed by atoms with Crippen LogP contribution in [0.5, 0.6) is 5.75 Å². The van der Waals surface area contributed by atoms with Gasteiger partial charge in [0, 0.05) is 5.56 Å². The molecule has 2 N–H and O–H groups in total. The highest BCUT2D eigenvalue weighted by Gasteiger charge is 2.12. The van der Waals surface area contributed by atoms with E-state index in [1.165, 1.54) is 24.3 Å². The van der Waals surface area contributed by atoms with E-state index in [9.17, 15) is 14.4 Å². The molecular weight excluding hydrogens is 350 g/mol. The summed E-state index contributed by atoms with van der Waals surface area (Å²) in [5.74, 6) is -0.645. The number of hydrogen-bond acceptors (Lipinski definition) is 6. The van der Waals surface area contributed by atoms with Crippen molar-refractivity contribution < 1.29 is 23.9 Å². The Hall–Kier alpha value is -3.86. The Kier molecular flexibility index (Phi) is 6.91. The summed E-state index contributed by atoms with van der Waals surface area (Å²) in [6.45, 7) is 1.86. The van der Waals surface area contributed by atoms with Crippen LogP contribution in [0.25, 0.3) is 0 Å². The molecule has 0 spiro atoms. The maximum Gasteiger partial charge on any atom is 0.513 e. The van der Waals surface area contributed by atoms with Crippen LogP contribution in [-0.4, -0.2) is 24.6 Å². The van der Waals surface area contributed by atoms with Gasteiger partial charge in [0.25, 0.3) is 5.91 Å². The van der Waals surface area contributed by atoms with Crippen LogP contribution in [0, 0.1) is 11.3 Å². The number of rotatable bonds is 6. The van der Waals surface area contributed by atoms with Crippen molar-refractivity contribution in [3.8, 4) is 11.8 Å². The average molecular weight is 367 g/mol. The molecule has 0 atom stereocenters. The Bertz CT molecular complexity index is 872. The van der Waals surface area contributed by atoms with Gasteiger partial charge in [0.1, 0.15) is 12.2 Å². The second-order valence-electron chi connectivity index (χ2n) is 5.19. The molecule has 8 nitrogen and oxygen atoms in total. The summed E-state index contributed by atoms with van der Waals surface area (Å²) in [7, 11) is 0.